The van der Waals surface area contributed by atoms with E-state index in [1.165, 1.54) is 0 Å². The van der Waals surface area contributed by atoms with Gasteiger partial charge in [-0.3, -0.25) is 9.69 Å². The quantitative estimate of drug-likeness (QED) is 0.855. The molecule has 2 amide bonds. The minimum atomic E-state index is -0.555. The van der Waals surface area contributed by atoms with Crippen LogP contribution in [0.5, 0.6) is 0 Å². The van der Waals surface area contributed by atoms with E-state index >= 15 is 0 Å². The van der Waals surface area contributed by atoms with Crippen LogP contribution in [0.1, 0.15) is 26.5 Å². The summed E-state index contributed by atoms with van der Waals surface area (Å²) >= 11 is 0. The van der Waals surface area contributed by atoms with E-state index in [1.807, 2.05) is 30.9 Å². The van der Waals surface area contributed by atoms with Crippen LogP contribution >= 0.6 is 0 Å². The summed E-state index contributed by atoms with van der Waals surface area (Å²) in [6, 6.07) is 3.28. The molecule has 1 N–H and O–H groups in total. The van der Waals surface area contributed by atoms with Gasteiger partial charge in [-0.1, -0.05) is 13.8 Å². The van der Waals surface area contributed by atoms with Gasteiger partial charge in [0.2, 0.25) is 5.91 Å². The number of ether oxygens (including phenoxy) is 1. The van der Waals surface area contributed by atoms with Crippen molar-refractivity contribution in [3.63, 3.8) is 0 Å². The number of nitrogens with one attached hydrogen (secondary N) is 1. The summed E-state index contributed by atoms with van der Waals surface area (Å²) in [6.07, 6.45) is 1.13. The van der Waals surface area contributed by atoms with Crippen molar-refractivity contribution < 1.29 is 18.7 Å². The molecule has 0 bridgehead atoms. The summed E-state index contributed by atoms with van der Waals surface area (Å²) in [4.78, 5) is 28.4. The Morgan fingerprint density at radius 3 is 2.54 bits per heavy atom. The summed E-state index contributed by atoms with van der Waals surface area (Å²) < 4.78 is 10.3. The molecule has 2 rings (SSSR count). The van der Waals surface area contributed by atoms with Crippen LogP contribution in [0.15, 0.2) is 22.8 Å². The smallest absolute Gasteiger partial charge is 0.407 e. The Labute approximate surface area is 142 Å². The number of nitrogens with zero attached hydrogens (tertiary/aromatic N) is 2. The number of hydrogen-bond donors (Lipinski definition) is 1. The number of furan rings is 1. The van der Waals surface area contributed by atoms with Gasteiger partial charge in [0.25, 0.3) is 0 Å². The first-order chi connectivity index (χ1) is 11.5. The van der Waals surface area contributed by atoms with Crippen LogP contribution in [-0.4, -0.2) is 60.6 Å². The molecular formula is C17H27N3O4. The van der Waals surface area contributed by atoms with Crippen molar-refractivity contribution in [1.82, 2.24) is 15.1 Å². The van der Waals surface area contributed by atoms with Crippen molar-refractivity contribution in [2.24, 2.45) is 5.92 Å². The zero-order valence-electron chi connectivity index (χ0n) is 14.7. The molecule has 1 aromatic heterocycles. The van der Waals surface area contributed by atoms with E-state index < -0.39 is 12.1 Å². The number of carbonyl (C=O) groups excluding carboxylic acids is 2. The molecule has 1 aromatic rings. The monoisotopic (exact) mass is 337 g/mol. The third-order valence-electron chi connectivity index (χ3n) is 4.13. The molecule has 7 heteroatoms. The largest absolute Gasteiger partial charge is 0.468 e. The normalized spacial score (nSPS) is 16.9. The molecular weight excluding hydrogens is 310 g/mol. The first-order valence-corrected chi connectivity index (χ1v) is 8.48. The first-order valence-electron chi connectivity index (χ1n) is 8.48. The van der Waals surface area contributed by atoms with Crippen LogP contribution in [0.2, 0.25) is 0 Å². The molecule has 1 aliphatic rings. The molecule has 1 unspecified atom stereocenters. The van der Waals surface area contributed by atoms with Crippen LogP contribution in [0, 0.1) is 5.92 Å². The van der Waals surface area contributed by atoms with Crippen LogP contribution in [0.3, 0.4) is 0 Å². The van der Waals surface area contributed by atoms with E-state index in [0.717, 1.165) is 25.4 Å². The Kier molecular flexibility index (Phi) is 6.66. The van der Waals surface area contributed by atoms with Crippen LogP contribution in [0.4, 0.5) is 4.79 Å². The molecule has 0 spiro atoms. The Bertz CT molecular complexity index is 522. The SMILES string of the molecule is CCOC(=O)NC(C(=O)N1CCN(Cc2ccco2)CC1)C(C)C. The van der Waals surface area contributed by atoms with E-state index in [-0.39, 0.29) is 18.4 Å². The summed E-state index contributed by atoms with van der Waals surface area (Å²) in [5.41, 5.74) is 0. The van der Waals surface area contributed by atoms with Gasteiger partial charge in [0, 0.05) is 26.2 Å². The fourth-order valence-electron chi connectivity index (χ4n) is 2.76. The van der Waals surface area contributed by atoms with Gasteiger partial charge in [-0.25, -0.2) is 4.79 Å². The number of rotatable bonds is 6. The standard InChI is InChI=1S/C17H27N3O4/c1-4-23-17(22)18-15(13(2)3)16(21)20-9-7-19(8-10-20)12-14-6-5-11-24-14/h5-6,11,13,15H,4,7-10,12H2,1-3H3,(H,18,22). The zero-order valence-corrected chi connectivity index (χ0v) is 14.7. The summed E-state index contributed by atoms with van der Waals surface area (Å²) in [5, 5.41) is 2.68. The van der Waals surface area contributed by atoms with Crippen LogP contribution in [0.25, 0.3) is 0 Å². The lowest BCUT2D eigenvalue weighted by molar-refractivity contribution is -0.136. The molecule has 24 heavy (non-hydrogen) atoms. The molecule has 134 valence electrons. The van der Waals surface area contributed by atoms with Crippen LogP contribution < -0.4 is 5.32 Å². The van der Waals surface area contributed by atoms with Gasteiger partial charge in [0.1, 0.15) is 11.8 Å². The summed E-state index contributed by atoms with van der Waals surface area (Å²) in [7, 11) is 0. The molecule has 2 heterocycles. The Balaban J connectivity index is 1.86. The van der Waals surface area contributed by atoms with Gasteiger partial charge >= 0.3 is 6.09 Å². The summed E-state index contributed by atoms with van der Waals surface area (Å²) in [6.45, 7) is 9.49. The van der Waals surface area contributed by atoms with Gasteiger partial charge in [0.15, 0.2) is 0 Å². The van der Waals surface area contributed by atoms with E-state index in [9.17, 15) is 9.59 Å². The Morgan fingerprint density at radius 2 is 2.00 bits per heavy atom. The molecule has 7 nitrogen and oxygen atoms in total. The highest BCUT2D eigenvalue weighted by Gasteiger charge is 2.31. The predicted molar refractivity (Wildman–Crippen MR) is 89.3 cm³/mol. The second-order valence-electron chi connectivity index (χ2n) is 6.27. The highest BCUT2D eigenvalue weighted by Crippen LogP contribution is 2.12. The van der Waals surface area contributed by atoms with E-state index in [1.54, 1.807) is 13.2 Å². The van der Waals surface area contributed by atoms with Gasteiger partial charge in [0.05, 0.1) is 19.4 Å². The Hall–Kier alpha value is -2.02. The average Bonchev–Trinajstić information content (AvgIpc) is 3.06. The molecule has 1 atom stereocenters. The number of hydrogen-bond acceptors (Lipinski definition) is 5. The molecule has 0 aliphatic carbocycles. The Morgan fingerprint density at radius 1 is 1.29 bits per heavy atom. The topological polar surface area (TPSA) is 75.0 Å². The molecule has 1 aliphatic heterocycles. The zero-order chi connectivity index (χ0) is 17.5. The van der Waals surface area contributed by atoms with E-state index in [0.29, 0.717) is 13.1 Å². The molecule has 0 saturated carbocycles. The maximum absolute atomic E-state index is 12.7. The fraction of sp³-hybridized carbons (Fsp3) is 0.647. The maximum Gasteiger partial charge on any atom is 0.407 e. The molecule has 0 aromatic carbocycles. The lowest BCUT2D eigenvalue weighted by Gasteiger charge is -2.36. The third-order valence-corrected chi connectivity index (χ3v) is 4.13. The molecule has 0 radical (unpaired) electrons. The minimum absolute atomic E-state index is 0.00283. The van der Waals surface area contributed by atoms with Gasteiger partial charge in [-0.05, 0) is 25.0 Å². The highest BCUT2D eigenvalue weighted by molar-refractivity contribution is 5.86. The second-order valence-corrected chi connectivity index (χ2v) is 6.27. The van der Waals surface area contributed by atoms with Crippen molar-refractivity contribution in [2.45, 2.75) is 33.4 Å². The first kappa shape index (κ1) is 18.3. The van der Waals surface area contributed by atoms with Gasteiger partial charge < -0.3 is 19.4 Å². The van der Waals surface area contributed by atoms with Gasteiger partial charge in [-0.2, -0.15) is 0 Å². The number of alkyl carbamates (subject to hydrolysis) is 1. The van der Waals surface area contributed by atoms with E-state index in [2.05, 4.69) is 10.2 Å². The van der Waals surface area contributed by atoms with Crippen molar-refractivity contribution in [1.29, 1.82) is 0 Å². The number of amides is 2. The maximum atomic E-state index is 12.7. The van der Waals surface area contributed by atoms with Crippen molar-refractivity contribution in [3.8, 4) is 0 Å². The number of carbonyl (C=O) groups is 2. The second kappa shape index (κ2) is 8.73. The van der Waals surface area contributed by atoms with Crippen molar-refractivity contribution >= 4 is 12.0 Å². The molecule has 1 saturated heterocycles. The number of piperazine rings is 1. The predicted octanol–water partition coefficient (Wildman–Crippen LogP) is 1.69. The van der Waals surface area contributed by atoms with Gasteiger partial charge in [-0.15, -0.1) is 0 Å². The van der Waals surface area contributed by atoms with Crippen LogP contribution in [-0.2, 0) is 16.1 Å². The van der Waals surface area contributed by atoms with Crippen molar-refractivity contribution in [2.75, 3.05) is 32.8 Å². The highest BCUT2D eigenvalue weighted by atomic mass is 16.5. The summed E-state index contributed by atoms with van der Waals surface area (Å²) in [5.74, 6) is 0.887. The lowest BCUT2D eigenvalue weighted by Crippen LogP contribution is -2.56. The fourth-order valence-corrected chi connectivity index (χ4v) is 2.76. The van der Waals surface area contributed by atoms with E-state index in [4.69, 9.17) is 9.15 Å². The minimum Gasteiger partial charge on any atom is -0.468 e. The van der Waals surface area contributed by atoms with Crippen molar-refractivity contribution in [3.05, 3.63) is 24.2 Å². The average molecular weight is 337 g/mol. The molecule has 1 fully saturated rings. The lowest BCUT2D eigenvalue weighted by atomic mass is 10.0. The third kappa shape index (κ3) is 4.99.